The Morgan fingerprint density at radius 1 is 1.10 bits per heavy atom. The van der Waals surface area contributed by atoms with Crippen LogP contribution < -0.4 is 11.3 Å². The van der Waals surface area contributed by atoms with E-state index in [-0.39, 0.29) is 5.56 Å². The number of benzene rings is 2. The second-order valence-electron chi connectivity index (χ2n) is 4.64. The molecule has 0 spiro atoms. The number of nitrogens with two attached hydrogens (primary N) is 1. The second-order valence-corrected chi connectivity index (χ2v) is 5.55. The molecule has 1 unspecified atom stereocenters. The molecular formula is C15H14BrF3N2. The molecule has 0 fully saturated rings. The van der Waals surface area contributed by atoms with Gasteiger partial charge >= 0.3 is 6.18 Å². The highest BCUT2D eigenvalue weighted by molar-refractivity contribution is 9.10. The predicted octanol–water partition coefficient (Wildman–Crippen LogP) is 4.22. The van der Waals surface area contributed by atoms with Gasteiger partial charge in [0.1, 0.15) is 0 Å². The van der Waals surface area contributed by atoms with Crippen LogP contribution in [0.3, 0.4) is 0 Å². The van der Waals surface area contributed by atoms with Crippen molar-refractivity contribution in [3.05, 3.63) is 69.7 Å². The maximum atomic E-state index is 13.1. The number of rotatable bonds is 4. The summed E-state index contributed by atoms with van der Waals surface area (Å²) < 4.78 is 40.1. The van der Waals surface area contributed by atoms with E-state index in [1.54, 1.807) is 6.07 Å². The Kier molecular flexibility index (Phi) is 5.03. The van der Waals surface area contributed by atoms with Crippen LogP contribution in [0.25, 0.3) is 0 Å². The monoisotopic (exact) mass is 358 g/mol. The molecule has 21 heavy (non-hydrogen) atoms. The molecule has 2 rings (SSSR count). The summed E-state index contributed by atoms with van der Waals surface area (Å²) in [4.78, 5) is 0. The minimum absolute atomic E-state index is 0.146. The number of hydrazine groups is 1. The average molecular weight is 359 g/mol. The first kappa shape index (κ1) is 16.0. The highest BCUT2D eigenvalue weighted by atomic mass is 79.9. The lowest BCUT2D eigenvalue weighted by Crippen LogP contribution is -2.31. The van der Waals surface area contributed by atoms with Crippen molar-refractivity contribution >= 4 is 15.9 Å². The van der Waals surface area contributed by atoms with E-state index in [4.69, 9.17) is 5.84 Å². The molecule has 0 bridgehead atoms. The van der Waals surface area contributed by atoms with Gasteiger partial charge in [0.15, 0.2) is 0 Å². The fourth-order valence-electron chi connectivity index (χ4n) is 2.22. The summed E-state index contributed by atoms with van der Waals surface area (Å²) in [6.45, 7) is 0. The lowest BCUT2D eigenvalue weighted by atomic mass is 9.95. The van der Waals surface area contributed by atoms with Gasteiger partial charge in [-0.3, -0.25) is 11.3 Å². The number of hydrogen-bond acceptors (Lipinski definition) is 2. The molecule has 2 aromatic rings. The number of nitrogens with one attached hydrogen (secondary N) is 1. The zero-order chi connectivity index (χ0) is 15.5. The first-order chi connectivity index (χ1) is 9.91. The Balaban J connectivity index is 2.34. The average Bonchev–Trinajstić information content (AvgIpc) is 2.44. The van der Waals surface area contributed by atoms with Crippen LogP contribution in [-0.4, -0.2) is 0 Å². The van der Waals surface area contributed by atoms with Crippen LogP contribution in [0.4, 0.5) is 13.2 Å². The topological polar surface area (TPSA) is 38.0 Å². The smallest absolute Gasteiger partial charge is 0.271 e. The fraction of sp³-hybridized carbons (Fsp3) is 0.200. The number of alkyl halides is 3. The van der Waals surface area contributed by atoms with Crippen molar-refractivity contribution in [2.75, 3.05) is 0 Å². The molecule has 0 saturated carbocycles. The Labute approximate surface area is 129 Å². The van der Waals surface area contributed by atoms with E-state index in [9.17, 15) is 13.2 Å². The van der Waals surface area contributed by atoms with Crippen molar-refractivity contribution in [1.82, 2.24) is 5.43 Å². The summed E-state index contributed by atoms with van der Waals surface area (Å²) in [5, 5.41) is 0. The molecular weight excluding hydrogens is 345 g/mol. The van der Waals surface area contributed by atoms with Crippen LogP contribution in [0, 0.1) is 0 Å². The maximum Gasteiger partial charge on any atom is 0.416 e. The lowest BCUT2D eigenvalue weighted by Gasteiger charge is -2.21. The van der Waals surface area contributed by atoms with Crippen LogP contribution in [0.15, 0.2) is 53.0 Å². The van der Waals surface area contributed by atoms with E-state index >= 15 is 0 Å². The van der Waals surface area contributed by atoms with Gasteiger partial charge in [-0.1, -0.05) is 46.3 Å². The Hall–Kier alpha value is -1.37. The van der Waals surface area contributed by atoms with Crippen molar-refractivity contribution in [2.24, 2.45) is 5.84 Å². The van der Waals surface area contributed by atoms with Crippen LogP contribution in [-0.2, 0) is 12.6 Å². The predicted molar refractivity (Wildman–Crippen MR) is 79.4 cm³/mol. The fourth-order valence-corrected chi connectivity index (χ4v) is 2.66. The summed E-state index contributed by atoms with van der Waals surface area (Å²) in [5.74, 6) is 5.47. The van der Waals surface area contributed by atoms with Gasteiger partial charge in [0.05, 0.1) is 11.6 Å². The molecule has 112 valence electrons. The zero-order valence-electron chi connectivity index (χ0n) is 11.0. The normalized spacial score (nSPS) is 13.2. The SMILES string of the molecule is NNC(Cc1cccc(Br)c1)c1ccccc1C(F)(F)F. The third kappa shape index (κ3) is 4.06. The largest absolute Gasteiger partial charge is 0.416 e. The van der Waals surface area contributed by atoms with Gasteiger partial charge in [-0.15, -0.1) is 0 Å². The van der Waals surface area contributed by atoms with Gasteiger partial charge in [0.2, 0.25) is 0 Å². The molecule has 3 N–H and O–H groups in total. The number of halogens is 4. The van der Waals surface area contributed by atoms with E-state index in [0.717, 1.165) is 16.1 Å². The Morgan fingerprint density at radius 2 is 1.81 bits per heavy atom. The molecule has 1 atom stereocenters. The van der Waals surface area contributed by atoms with Crippen LogP contribution in [0.5, 0.6) is 0 Å². The van der Waals surface area contributed by atoms with E-state index in [1.807, 2.05) is 24.3 Å². The van der Waals surface area contributed by atoms with Crippen LogP contribution in [0.2, 0.25) is 0 Å². The molecule has 0 aliphatic rings. The van der Waals surface area contributed by atoms with Crippen molar-refractivity contribution in [1.29, 1.82) is 0 Å². The maximum absolute atomic E-state index is 13.1. The van der Waals surface area contributed by atoms with Crippen molar-refractivity contribution in [2.45, 2.75) is 18.6 Å². The molecule has 2 aromatic carbocycles. The van der Waals surface area contributed by atoms with E-state index in [2.05, 4.69) is 21.4 Å². The van der Waals surface area contributed by atoms with Gasteiger partial charge in [-0.05, 0) is 35.7 Å². The third-order valence-corrected chi connectivity index (χ3v) is 3.66. The molecule has 0 saturated heterocycles. The zero-order valence-corrected chi connectivity index (χ0v) is 12.6. The first-order valence-corrected chi connectivity index (χ1v) is 7.08. The summed E-state index contributed by atoms with van der Waals surface area (Å²) in [6.07, 6.45) is -4.04. The first-order valence-electron chi connectivity index (χ1n) is 6.28. The van der Waals surface area contributed by atoms with Crippen molar-refractivity contribution in [3.8, 4) is 0 Å². The second kappa shape index (κ2) is 6.60. The lowest BCUT2D eigenvalue weighted by molar-refractivity contribution is -0.138. The van der Waals surface area contributed by atoms with Gasteiger partial charge < -0.3 is 0 Å². The molecule has 6 heteroatoms. The molecule has 2 nitrogen and oxygen atoms in total. The van der Waals surface area contributed by atoms with E-state index < -0.39 is 17.8 Å². The Morgan fingerprint density at radius 3 is 2.43 bits per heavy atom. The van der Waals surface area contributed by atoms with E-state index in [0.29, 0.717) is 6.42 Å². The van der Waals surface area contributed by atoms with Crippen molar-refractivity contribution in [3.63, 3.8) is 0 Å². The molecule has 0 aromatic heterocycles. The molecule has 0 heterocycles. The van der Waals surface area contributed by atoms with E-state index in [1.165, 1.54) is 12.1 Å². The molecule has 0 aliphatic heterocycles. The third-order valence-electron chi connectivity index (χ3n) is 3.17. The minimum Gasteiger partial charge on any atom is -0.271 e. The summed E-state index contributed by atoms with van der Waals surface area (Å²) in [5.41, 5.74) is 2.86. The molecule has 0 amide bonds. The van der Waals surface area contributed by atoms with Gasteiger partial charge in [0.25, 0.3) is 0 Å². The quantitative estimate of drug-likeness (QED) is 0.634. The van der Waals surface area contributed by atoms with Crippen LogP contribution in [0.1, 0.15) is 22.7 Å². The van der Waals surface area contributed by atoms with Crippen LogP contribution >= 0.6 is 15.9 Å². The highest BCUT2D eigenvalue weighted by Gasteiger charge is 2.34. The van der Waals surface area contributed by atoms with Gasteiger partial charge in [-0.2, -0.15) is 13.2 Å². The Bertz CT molecular complexity index is 614. The molecule has 0 radical (unpaired) electrons. The summed E-state index contributed by atoms with van der Waals surface area (Å²) >= 11 is 3.34. The summed E-state index contributed by atoms with van der Waals surface area (Å²) in [7, 11) is 0. The standard InChI is InChI=1S/C15H14BrF3N2/c16-11-5-3-4-10(8-11)9-14(21-20)12-6-1-2-7-13(12)15(17,18)19/h1-8,14,21H,9,20H2. The van der Waals surface area contributed by atoms with Crippen molar-refractivity contribution < 1.29 is 13.2 Å². The van der Waals surface area contributed by atoms with Gasteiger partial charge in [0, 0.05) is 4.47 Å². The van der Waals surface area contributed by atoms with Gasteiger partial charge in [-0.25, -0.2) is 0 Å². The summed E-state index contributed by atoms with van der Waals surface area (Å²) in [6, 6.07) is 12.3. The minimum atomic E-state index is -4.40. The number of hydrogen-bond donors (Lipinski definition) is 2. The highest BCUT2D eigenvalue weighted by Crippen LogP contribution is 2.35. The molecule has 0 aliphatic carbocycles.